The first kappa shape index (κ1) is 18.3. The van der Waals surface area contributed by atoms with Crippen LogP contribution in [0.5, 0.6) is 0 Å². The number of carbonyl (C=O) groups excluding carboxylic acids is 1. The third-order valence-corrected chi connectivity index (χ3v) is 5.48. The summed E-state index contributed by atoms with van der Waals surface area (Å²) in [5.41, 5.74) is 1.36. The Kier molecular flexibility index (Phi) is 6.01. The average Bonchev–Trinajstić information content (AvgIpc) is 3.00. The summed E-state index contributed by atoms with van der Waals surface area (Å²) < 4.78 is 18.6. The molecule has 1 aliphatic heterocycles. The normalized spacial score (nSPS) is 15.3. The van der Waals surface area contributed by atoms with Crippen LogP contribution in [0.1, 0.15) is 15.4 Å². The van der Waals surface area contributed by atoms with E-state index in [9.17, 15) is 9.18 Å². The van der Waals surface area contributed by atoms with E-state index in [-0.39, 0.29) is 10.9 Å². The first-order chi connectivity index (χ1) is 12.0. The average molecular weight is 384 g/mol. The van der Waals surface area contributed by atoms with E-state index >= 15 is 0 Å². The van der Waals surface area contributed by atoms with Gasteiger partial charge in [0.05, 0.1) is 23.9 Å². The van der Waals surface area contributed by atoms with Gasteiger partial charge in [-0.15, -0.1) is 11.3 Å². The van der Waals surface area contributed by atoms with Crippen LogP contribution in [0, 0.1) is 12.7 Å². The molecule has 1 fully saturated rings. The Balaban J connectivity index is 1.62. The number of morpholine rings is 1. The second-order valence-corrected chi connectivity index (χ2v) is 7.18. The van der Waals surface area contributed by atoms with Crippen LogP contribution in [-0.2, 0) is 4.74 Å². The number of nitrogens with one attached hydrogen (secondary N) is 1. The molecule has 0 aliphatic carbocycles. The number of carbonyl (C=O) groups is 1. The van der Waals surface area contributed by atoms with E-state index in [0.29, 0.717) is 27.7 Å². The Hall–Kier alpha value is -1.54. The number of thiazole rings is 1. The molecule has 1 N–H and O–H groups in total. The Morgan fingerprint density at radius 2 is 2.20 bits per heavy atom. The molecular weight excluding hydrogens is 365 g/mol. The maximum Gasteiger partial charge on any atom is 0.263 e. The van der Waals surface area contributed by atoms with Gasteiger partial charge in [-0.25, -0.2) is 9.37 Å². The van der Waals surface area contributed by atoms with Gasteiger partial charge in [0.2, 0.25) is 0 Å². The number of benzene rings is 1. The van der Waals surface area contributed by atoms with Crippen molar-refractivity contribution in [3.05, 3.63) is 39.6 Å². The van der Waals surface area contributed by atoms with Crippen molar-refractivity contribution in [2.45, 2.75) is 6.92 Å². The van der Waals surface area contributed by atoms with Crippen molar-refractivity contribution in [1.82, 2.24) is 15.2 Å². The largest absolute Gasteiger partial charge is 0.379 e. The SMILES string of the molecule is Cc1nc(-c2ccc(F)c(Cl)c2)sc1C(=O)NCCN1CCOCC1. The summed E-state index contributed by atoms with van der Waals surface area (Å²) in [6.07, 6.45) is 0. The van der Waals surface area contributed by atoms with Crippen molar-refractivity contribution < 1.29 is 13.9 Å². The molecule has 3 rings (SSSR count). The minimum absolute atomic E-state index is 0.0434. The molecule has 25 heavy (non-hydrogen) atoms. The predicted molar refractivity (Wildman–Crippen MR) is 96.8 cm³/mol. The number of amides is 1. The van der Waals surface area contributed by atoms with Gasteiger partial charge in [-0.05, 0) is 25.1 Å². The zero-order chi connectivity index (χ0) is 17.8. The number of aryl methyl sites for hydroxylation is 1. The monoisotopic (exact) mass is 383 g/mol. The highest BCUT2D eigenvalue weighted by molar-refractivity contribution is 7.17. The van der Waals surface area contributed by atoms with Crippen LogP contribution in [0.3, 0.4) is 0 Å². The molecule has 1 aromatic heterocycles. The summed E-state index contributed by atoms with van der Waals surface area (Å²) in [4.78, 5) is 19.6. The van der Waals surface area contributed by atoms with Crippen molar-refractivity contribution in [2.75, 3.05) is 39.4 Å². The number of aromatic nitrogens is 1. The predicted octanol–water partition coefficient (Wildman–Crippen LogP) is 2.97. The van der Waals surface area contributed by atoms with Crippen LogP contribution in [0.15, 0.2) is 18.2 Å². The van der Waals surface area contributed by atoms with E-state index in [1.165, 1.54) is 23.5 Å². The van der Waals surface area contributed by atoms with Crippen LogP contribution in [0.25, 0.3) is 10.6 Å². The lowest BCUT2D eigenvalue weighted by atomic mass is 10.2. The van der Waals surface area contributed by atoms with E-state index in [0.717, 1.165) is 32.8 Å². The van der Waals surface area contributed by atoms with Crippen LogP contribution in [-0.4, -0.2) is 55.2 Å². The fourth-order valence-electron chi connectivity index (χ4n) is 2.59. The zero-order valence-corrected chi connectivity index (χ0v) is 15.4. The molecule has 1 amide bonds. The van der Waals surface area contributed by atoms with Crippen molar-refractivity contribution in [3.63, 3.8) is 0 Å². The molecule has 1 aromatic carbocycles. The summed E-state index contributed by atoms with van der Waals surface area (Å²) in [7, 11) is 0. The van der Waals surface area contributed by atoms with E-state index < -0.39 is 5.82 Å². The molecule has 2 aromatic rings. The summed E-state index contributed by atoms with van der Waals surface area (Å²) in [5.74, 6) is -0.609. The molecule has 0 spiro atoms. The Bertz CT molecular complexity index is 762. The summed E-state index contributed by atoms with van der Waals surface area (Å²) in [5, 5.41) is 3.63. The third-order valence-electron chi connectivity index (χ3n) is 3.99. The molecule has 1 saturated heterocycles. The lowest BCUT2D eigenvalue weighted by Gasteiger charge is -2.26. The molecule has 0 radical (unpaired) electrons. The molecule has 2 heterocycles. The van der Waals surface area contributed by atoms with E-state index in [4.69, 9.17) is 16.3 Å². The summed E-state index contributed by atoms with van der Waals surface area (Å²) in [6, 6.07) is 4.44. The minimum atomic E-state index is -0.472. The number of rotatable bonds is 5. The van der Waals surface area contributed by atoms with Gasteiger partial charge in [0.15, 0.2) is 0 Å². The first-order valence-corrected chi connectivity index (χ1v) is 9.25. The molecular formula is C17H19ClFN3O2S. The molecule has 1 aliphatic rings. The number of halogens is 2. The molecule has 134 valence electrons. The number of hydrogen-bond donors (Lipinski definition) is 1. The topological polar surface area (TPSA) is 54.5 Å². The van der Waals surface area contributed by atoms with Gasteiger partial charge in [-0.2, -0.15) is 0 Å². The van der Waals surface area contributed by atoms with Gasteiger partial charge >= 0.3 is 0 Å². The van der Waals surface area contributed by atoms with Gasteiger partial charge in [0.25, 0.3) is 5.91 Å². The quantitative estimate of drug-likeness (QED) is 0.862. The highest BCUT2D eigenvalue weighted by atomic mass is 35.5. The van der Waals surface area contributed by atoms with Gasteiger partial charge in [0.1, 0.15) is 15.7 Å². The molecule has 0 bridgehead atoms. The Morgan fingerprint density at radius 3 is 2.92 bits per heavy atom. The number of nitrogens with zero attached hydrogens (tertiary/aromatic N) is 2. The lowest BCUT2D eigenvalue weighted by Crippen LogP contribution is -2.41. The number of ether oxygens (including phenoxy) is 1. The highest BCUT2D eigenvalue weighted by Crippen LogP contribution is 2.30. The van der Waals surface area contributed by atoms with Crippen LogP contribution in [0.2, 0.25) is 5.02 Å². The third kappa shape index (κ3) is 4.55. The fourth-order valence-corrected chi connectivity index (χ4v) is 3.75. The Labute approximate surface area is 154 Å². The van der Waals surface area contributed by atoms with Gasteiger partial charge in [-0.1, -0.05) is 11.6 Å². The summed E-state index contributed by atoms with van der Waals surface area (Å²) >= 11 is 7.11. The molecule has 8 heteroatoms. The number of hydrogen-bond acceptors (Lipinski definition) is 5. The van der Waals surface area contributed by atoms with Crippen LogP contribution >= 0.6 is 22.9 Å². The minimum Gasteiger partial charge on any atom is -0.379 e. The van der Waals surface area contributed by atoms with Gasteiger partial charge < -0.3 is 10.1 Å². The maximum atomic E-state index is 13.3. The zero-order valence-electron chi connectivity index (χ0n) is 13.8. The second kappa shape index (κ2) is 8.23. The highest BCUT2D eigenvalue weighted by Gasteiger charge is 2.17. The standard InChI is InChI=1S/C17H19ClFN3O2S/c1-11-15(16(23)20-4-5-22-6-8-24-9-7-22)25-17(21-11)12-2-3-14(19)13(18)10-12/h2-3,10H,4-9H2,1H3,(H,20,23). The van der Waals surface area contributed by atoms with Crippen molar-refractivity contribution in [1.29, 1.82) is 0 Å². The summed E-state index contributed by atoms with van der Waals surface area (Å²) in [6.45, 7) is 6.44. The van der Waals surface area contributed by atoms with E-state index in [2.05, 4.69) is 15.2 Å². The fraction of sp³-hybridized carbons (Fsp3) is 0.412. The van der Waals surface area contributed by atoms with E-state index in [1.54, 1.807) is 13.0 Å². The van der Waals surface area contributed by atoms with E-state index in [1.807, 2.05) is 0 Å². The molecule has 0 atom stereocenters. The maximum absolute atomic E-state index is 13.3. The molecule has 0 unspecified atom stereocenters. The van der Waals surface area contributed by atoms with Crippen LogP contribution in [0.4, 0.5) is 4.39 Å². The van der Waals surface area contributed by atoms with Crippen molar-refractivity contribution in [2.24, 2.45) is 0 Å². The molecule has 5 nitrogen and oxygen atoms in total. The van der Waals surface area contributed by atoms with Gasteiger partial charge in [-0.3, -0.25) is 9.69 Å². The second-order valence-electron chi connectivity index (χ2n) is 5.77. The van der Waals surface area contributed by atoms with Crippen molar-refractivity contribution >= 4 is 28.8 Å². The molecule has 0 saturated carbocycles. The lowest BCUT2D eigenvalue weighted by molar-refractivity contribution is 0.0383. The van der Waals surface area contributed by atoms with Crippen molar-refractivity contribution in [3.8, 4) is 10.6 Å². The van der Waals surface area contributed by atoms with Crippen LogP contribution < -0.4 is 5.32 Å². The Morgan fingerprint density at radius 1 is 1.44 bits per heavy atom. The smallest absolute Gasteiger partial charge is 0.263 e. The van der Waals surface area contributed by atoms with Gasteiger partial charge in [0, 0.05) is 31.7 Å². The first-order valence-electron chi connectivity index (χ1n) is 8.06.